The molecule has 3 N–H and O–H groups in total. The largest absolute Gasteiger partial charge is 0.368 e. The van der Waals surface area contributed by atoms with E-state index in [1.54, 1.807) is 0 Å². The van der Waals surface area contributed by atoms with Gasteiger partial charge < -0.3 is 20.9 Å². The van der Waals surface area contributed by atoms with Crippen molar-refractivity contribution in [3.63, 3.8) is 0 Å². The minimum absolute atomic E-state index is 0.0645. The zero-order chi connectivity index (χ0) is 22.7. The molecule has 1 saturated heterocycles. The van der Waals surface area contributed by atoms with Crippen molar-refractivity contribution in [2.24, 2.45) is 0 Å². The van der Waals surface area contributed by atoms with Gasteiger partial charge in [0, 0.05) is 39.8 Å². The van der Waals surface area contributed by atoms with Gasteiger partial charge in [-0.05, 0) is 88.2 Å². The van der Waals surface area contributed by atoms with Crippen molar-refractivity contribution in [3.05, 3.63) is 81.2 Å². The Morgan fingerprint density at radius 3 is 2.41 bits per heavy atom. The molecular weight excluding hydrogens is 532 g/mol. The predicted octanol–water partition coefficient (Wildman–Crippen LogP) is 6.40. The number of para-hydroxylation sites is 2. The molecule has 0 radical (unpaired) electrons. The molecule has 166 valence electrons. The van der Waals surface area contributed by atoms with Crippen molar-refractivity contribution in [3.8, 4) is 0 Å². The third kappa shape index (κ3) is 5.34. The number of anilines is 4. The lowest BCUT2D eigenvalue weighted by molar-refractivity contribution is 0.102. The summed E-state index contributed by atoms with van der Waals surface area (Å²) in [5, 5.41) is 9.92. The molecule has 0 aromatic heterocycles. The molecule has 3 aromatic carbocycles. The van der Waals surface area contributed by atoms with E-state index >= 15 is 0 Å². The predicted molar refractivity (Wildman–Crippen MR) is 140 cm³/mol. The molecular formula is C25H26Br2N4O. The van der Waals surface area contributed by atoms with E-state index in [2.05, 4.69) is 72.6 Å². The Morgan fingerprint density at radius 1 is 0.969 bits per heavy atom. The Kier molecular flexibility index (Phi) is 6.88. The minimum atomic E-state index is -0.164. The van der Waals surface area contributed by atoms with Crippen LogP contribution in [0.2, 0.25) is 0 Å². The van der Waals surface area contributed by atoms with Crippen molar-refractivity contribution in [2.45, 2.75) is 19.4 Å². The van der Waals surface area contributed by atoms with Crippen molar-refractivity contribution >= 4 is 60.5 Å². The van der Waals surface area contributed by atoms with E-state index in [1.165, 1.54) is 0 Å². The fraction of sp³-hybridized carbons (Fsp3) is 0.240. The van der Waals surface area contributed by atoms with E-state index in [0.29, 0.717) is 5.56 Å². The molecule has 32 heavy (non-hydrogen) atoms. The Morgan fingerprint density at radius 2 is 1.69 bits per heavy atom. The zero-order valence-corrected chi connectivity index (χ0v) is 21.3. The van der Waals surface area contributed by atoms with Crippen LogP contribution < -0.4 is 20.9 Å². The summed E-state index contributed by atoms with van der Waals surface area (Å²) < 4.78 is 1.90. The highest BCUT2D eigenvalue weighted by molar-refractivity contribution is 9.11. The van der Waals surface area contributed by atoms with Gasteiger partial charge in [-0.15, -0.1) is 0 Å². The van der Waals surface area contributed by atoms with Crippen LogP contribution in [0.15, 0.2) is 75.7 Å². The standard InChI is InChI=1S/C25H26Br2N4O/c1-25(2)16-31(14-13-28-25)23-12-11-17(15-20(23)27)29-24(32)18-7-3-5-9-21(18)30-22-10-6-4-8-19(22)26/h3-12,15,28,30H,13-14,16H2,1-2H3,(H,29,32). The molecule has 1 heterocycles. The molecule has 1 fully saturated rings. The maximum absolute atomic E-state index is 13.1. The van der Waals surface area contributed by atoms with Gasteiger partial charge in [0.2, 0.25) is 0 Å². The highest BCUT2D eigenvalue weighted by Crippen LogP contribution is 2.32. The lowest BCUT2D eigenvalue weighted by atomic mass is 10.0. The number of nitrogens with one attached hydrogen (secondary N) is 3. The number of hydrogen-bond donors (Lipinski definition) is 3. The minimum Gasteiger partial charge on any atom is -0.368 e. The summed E-state index contributed by atoms with van der Waals surface area (Å²) in [5.41, 5.74) is 4.17. The number of amides is 1. The van der Waals surface area contributed by atoms with Gasteiger partial charge >= 0.3 is 0 Å². The van der Waals surface area contributed by atoms with Crippen LogP contribution in [0.3, 0.4) is 0 Å². The number of piperazine rings is 1. The van der Waals surface area contributed by atoms with Crippen LogP contribution in [0.5, 0.6) is 0 Å². The average Bonchev–Trinajstić information content (AvgIpc) is 2.75. The van der Waals surface area contributed by atoms with Gasteiger partial charge in [0.1, 0.15) is 0 Å². The molecule has 1 amide bonds. The number of halogens is 2. The lowest BCUT2D eigenvalue weighted by Crippen LogP contribution is -2.57. The summed E-state index contributed by atoms with van der Waals surface area (Å²) in [7, 11) is 0. The van der Waals surface area contributed by atoms with E-state index in [9.17, 15) is 4.79 Å². The summed E-state index contributed by atoms with van der Waals surface area (Å²) in [6.45, 7) is 7.23. The van der Waals surface area contributed by atoms with Crippen LogP contribution in [0, 0.1) is 0 Å². The third-order valence-electron chi connectivity index (χ3n) is 5.43. The van der Waals surface area contributed by atoms with Gasteiger partial charge in [-0.1, -0.05) is 24.3 Å². The zero-order valence-electron chi connectivity index (χ0n) is 18.1. The van der Waals surface area contributed by atoms with E-state index in [1.807, 2.05) is 60.7 Å². The molecule has 0 unspecified atom stereocenters. The van der Waals surface area contributed by atoms with E-state index < -0.39 is 0 Å². The first-order chi connectivity index (χ1) is 15.3. The van der Waals surface area contributed by atoms with Crippen LogP contribution in [0.4, 0.5) is 22.7 Å². The van der Waals surface area contributed by atoms with Crippen LogP contribution in [0.1, 0.15) is 24.2 Å². The highest BCUT2D eigenvalue weighted by atomic mass is 79.9. The molecule has 5 nitrogen and oxygen atoms in total. The summed E-state index contributed by atoms with van der Waals surface area (Å²) in [6.07, 6.45) is 0. The van der Waals surface area contributed by atoms with Gasteiger partial charge in [0.15, 0.2) is 0 Å². The summed E-state index contributed by atoms with van der Waals surface area (Å²) in [6, 6.07) is 21.3. The number of carbonyl (C=O) groups is 1. The van der Waals surface area contributed by atoms with Crippen LogP contribution in [0.25, 0.3) is 0 Å². The smallest absolute Gasteiger partial charge is 0.257 e. The van der Waals surface area contributed by atoms with Crippen molar-refractivity contribution in [1.29, 1.82) is 0 Å². The first-order valence-electron chi connectivity index (χ1n) is 10.5. The number of benzene rings is 3. The Balaban J connectivity index is 1.51. The molecule has 0 spiro atoms. The molecule has 4 rings (SSSR count). The summed E-state index contributed by atoms with van der Waals surface area (Å²) in [5.74, 6) is -0.164. The molecule has 0 aliphatic carbocycles. The molecule has 1 aliphatic rings. The van der Waals surface area contributed by atoms with Crippen LogP contribution in [-0.4, -0.2) is 31.1 Å². The fourth-order valence-corrected chi connectivity index (χ4v) is 4.90. The fourth-order valence-electron chi connectivity index (χ4n) is 3.88. The van der Waals surface area contributed by atoms with Crippen LogP contribution in [-0.2, 0) is 0 Å². The number of rotatable bonds is 5. The van der Waals surface area contributed by atoms with Gasteiger partial charge in [-0.25, -0.2) is 0 Å². The van der Waals surface area contributed by atoms with Gasteiger partial charge in [-0.3, -0.25) is 4.79 Å². The van der Waals surface area contributed by atoms with Crippen LogP contribution >= 0.6 is 31.9 Å². The first kappa shape index (κ1) is 22.8. The van der Waals surface area contributed by atoms with Crippen molar-refractivity contribution in [1.82, 2.24) is 5.32 Å². The molecule has 0 bridgehead atoms. The highest BCUT2D eigenvalue weighted by Gasteiger charge is 2.26. The van der Waals surface area contributed by atoms with Gasteiger partial charge in [0.05, 0.1) is 22.6 Å². The monoisotopic (exact) mass is 556 g/mol. The molecule has 7 heteroatoms. The summed E-state index contributed by atoms with van der Waals surface area (Å²) >= 11 is 7.25. The van der Waals surface area contributed by atoms with Gasteiger partial charge in [-0.2, -0.15) is 0 Å². The van der Waals surface area contributed by atoms with Gasteiger partial charge in [0.25, 0.3) is 5.91 Å². The Hall–Kier alpha value is -2.35. The quantitative estimate of drug-likeness (QED) is 0.340. The second-order valence-corrected chi connectivity index (χ2v) is 10.2. The molecule has 1 aliphatic heterocycles. The summed E-state index contributed by atoms with van der Waals surface area (Å²) in [4.78, 5) is 15.5. The normalized spacial score (nSPS) is 15.3. The second-order valence-electron chi connectivity index (χ2n) is 8.50. The van der Waals surface area contributed by atoms with E-state index in [0.717, 1.165) is 51.3 Å². The van der Waals surface area contributed by atoms with E-state index in [4.69, 9.17) is 0 Å². The van der Waals surface area contributed by atoms with E-state index in [-0.39, 0.29) is 11.4 Å². The average molecular weight is 558 g/mol. The number of hydrogen-bond acceptors (Lipinski definition) is 4. The molecule has 0 atom stereocenters. The molecule has 3 aromatic rings. The maximum Gasteiger partial charge on any atom is 0.257 e. The maximum atomic E-state index is 13.1. The van der Waals surface area contributed by atoms with Crippen molar-refractivity contribution in [2.75, 3.05) is 35.2 Å². The molecule has 0 saturated carbocycles. The first-order valence-corrected chi connectivity index (χ1v) is 12.1. The van der Waals surface area contributed by atoms with Crippen molar-refractivity contribution < 1.29 is 4.79 Å². The number of carbonyl (C=O) groups excluding carboxylic acids is 1. The lowest BCUT2D eigenvalue weighted by Gasteiger charge is -2.40. The third-order valence-corrected chi connectivity index (χ3v) is 6.76. The number of nitrogens with zero attached hydrogens (tertiary/aromatic N) is 1. The Labute approximate surface area is 205 Å². The SMILES string of the molecule is CC1(C)CN(c2ccc(NC(=O)c3ccccc3Nc3ccccc3Br)cc2Br)CCN1. The second kappa shape index (κ2) is 9.65. The topological polar surface area (TPSA) is 56.4 Å². The Bertz CT molecular complexity index is 1130.